The third kappa shape index (κ3) is 5.34. The van der Waals surface area contributed by atoms with Crippen LogP contribution in [-0.2, 0) is 9.53 Å². The molecule has 0 saturated carbocycles. The quantitative estimate of drug-likeness (QED) is 0.778. The zero-order valence-electron chi connectivity index (χ0n) is 11.2. The molecule has 0 aliphatic heterocycles. The highest BCUT2D eigenvalue weighted by molar-refractivity contribution is 7.98. The van der Waals surface area contributed by atoms with Crippen molar-refractivity contribution < 1.29 is 14.3 Å². The van der Waals surface area contributed by atoms with Crippen LogP contribution >= 0.6 is 11.8 Å². The average Bonchev–Trinajstić information content (AvgIpc) is 2.44. The molecule has 0 aliphatic rings. The molecule has 1 amide bonds. The van der Waals surface area contributed by atoms with Crippen molar-refractivity contribution in [3.05, 3.63) is 35.9 Å². The second-order valence-electron chi connectivity index (χ2n) is 3.93. The molecule has 0 saturated heterocycles. The minimum atomic E-state index is -0.583. The standard InChI is InChI=1S/C14H19NO3S/c1-3-18-14(17)12(9-10-19-2)15-13(16)11-7-5-4-6-8-11/h4-8,12H,3,9-10H2,1-2H3,(H,15,16). The van der Waals surface area contributed by atoms with Crippen molar-refractivity contribution in [2.45, 2.75) is 19.4 Å². The van der Waals surface area contributed by atoms with Crippen LogP contribution in [0.3, 0.4) is 0 Å². The number of carbonyl (C=O) groups is 2. The van der Waals surface area contributed by atoms with E-state index in [-0.39, 0.29) is 11.9 Å². The Kier molecular flexibility index (Phi) is 7.03. The van der Waals surface area contributed by atoms with E-state index in [1.807, 2.05) is 12.3 Å². The van der Waals surface area contributed by atoms with Crippen molar-refractivity contribution in [1.82, 2.24) is 5.32 Å². The molecule has 1 unspecified atom stereocenters. The van der Waals surface area contributed by atoms with Crippen molar-refractivity contribution >= 4 is 23.6 Å². The van der Waals surface area contributed by atoms with Crippen LogP contribution in [0.15, 0.2) is 30.3 Å². The number of carbonyl (C=O) groups excluding carboxylic acids is 2. The number of amides is 1. The zero-order chi connectivity index (χ0) is 14.1. The molecule has 104 valence electrons. The third-order valence-corrected chi connectivity index (χ3v) is 3.17. The van der Waals surface area contributed by atoms with E-state index in [2.05, 4.69) is 5.32 Å². The van der Waals surface area contributed by atoms with Gasteiger partial charge in [0, 0.05) is 5.56 Å². The first kappa shape index (κ1) is 15.6. The van der Waals surface area contributed by atoms with E-state index in [1.54, 1.807) is 43.0 Å². The first-order chi connectivity index (χ1) is 9.19. The van der Waals surface area contributed by atoms with E-state index in [0.717, 1.165) is 5.75 Å². The Labute approximate surface area is 117 Å². The van der Waals surface area contributed by atoms with Crippen LogP contribution in [0.5, 0.6) is 0 Å². The van der Waals surface area contributed by atoms with Crippen molar-refractivity contribution in [3.8, 4) is 0 Å². The Morgan fingerprint density at radius 3 is 2.58 bits per heavy atom. The number of thioether (sulfide) groups is 1. The normalized spacial score (nSPS) is 11.7. The van der Waals surface area contributed by atoms with Crippen LogP contribution in [0.2, 0.25) is 0 Å². The molecular weight excluding hydrogens is 262 g/mol. The van der Waals surface area contributed by atoms with Gasteiger partial charge in [0.15, 0.2) is 0 Å². The SMILES string of the molecule is CCOC(=O)C(CCSC)NC(=O)c1ccccc1. The smallest absolute Gasteiger partial charge is 0.328 e. The lowest BCUT2D eigenvalue weighted by molar-refractivity contribution is -0.145. The average molecular weight is 281 g/mol. The van der Waals surface area contributed by atoms with Gasteiger partial charge in [0.2, 0.25) is 0 Å². The molecule has 4 nitrogen and oxygen atoms in total. The maximum absolute atomic E-state index is 12.0. The van der Waals surface area contributed by atoms with Crippen LogP contribution in [-0.4, -0.2) is 36.5 Å². The minimum Gasteiger partial charge on any atom is -0.464 e. The zero-order valence-corrected chi connectivity index (χ0v) is 12.0. The van der Waals surface area contributed by atoms with E-state index < -0.39 is 6.04 Å². The van der Waals surface area contributed by atoms with E-state index in [4.69, 9.17) is 4.74 Å². The van der Waals surface area contributed by atoms with Crippen LogP contribution < -0.4 is 5.32 Å². The van der Waals surface area contributed by atoms with Gasteiger partial charge in [-0.2, -0.15) is 11.8 Å². The van der Waals surface area contributed by atoms with Crippen LogP contribution in [0.25, 0.3) is 0 Å². The first-order valence-corrected chi connectivity index (χ1v) is 7.60. The lowest BCUT2D eigenvalue weighted by atomic mass is 10.1. The summed E-state index contributed by atoms with van der Waals surface area (Å²) in [4.78, 5) is 23.8. The molecule has 0 spiro atoms. The van der Waals surface area contributed by atoms with Gasteiger partial charge in [0.25, 0.3) is 5.91 Å². The lowest BCUT2D eigenvalue weighted by Gasteiger charge is -2.16. The van der Waals surface area contributed by atoms with Crippen molar-refractivity contribution in [3.63, 3.8) is 0 Å². The number of hydrogen-bond acceptors (Lipinski definition) is 4. The molecule has 0 radical (unpaired) electrons. The monoisotopic (exact) mass is 281 g/mol. The van der Waals surface area contributed by atoms with Gasteiger partial charge in [0.1, 0.15) is 6.04 Å². The van der Waals surface area contributed by atoms with E-state index >= 15 is 0 Å². The number of benzene rings is 1. The molecule has 0 aliphatic carbocycles. The van der Waals surface area contributed by atoms with Crippen molar-refractivity contribution in [2.24, 2.45) is 0 Å². The topological polar surface area (TPSA) is 55.4 Å². The maximum Gasteiger partial charge on any atom is 0.328 e. The minimum absolute atomic E-state index is 0.250. The van der Waals surface area contributed by atoms with Gasteiger partial charge in [-0.25, -0.2) is 4.79 Å². The van der Waals surface area contributed by atoms with Gasteiger partial charge < -0.3 is 10.1 Å². The number of rotatable bonds is 7. The highest BCUT2D eigenvalue weighted by Crippen LogP contribution is 2.05. The van der Waals surface area contributed by atoms with Gasteiger partial charge in [-0.15, -0.1) is 0 Å². The van der Waals surface area contributed by atoms with Crippen LogP contribution in [0.4, 0.5) is 0 Å². The Morgan fingerprint density at radius 2 is 2.00 bits per heavy atom. The van der Waals surface area contributed by atoms with Gasteiger partial charge in [-0.3, -0.25) is 4.79 Å². The first-order valence-electron chi connectivity index (χ1n) is 6.20. The second-order valence-corrected chi connectivity index (χ2v) is 4.91. The highest BCUT2D eigenvalue weighted by atomic mass is 32.2. The molecule has 1 N–H and O–H groups in total. The molecule has 1 atom stereocenters. The van der Waals surface area contributed by atoms with Gasteiger partial charge in [-0.1, -0.05) is 18.2 Å². The van der Waals surface area contributed by atoms with Crippen molar-refractivity contribution in [2.75, 3.05) is 18.6 Å². The summed E-state index contributed by atoms with van der Waals surface area (Å²) in [6.45, 7) is 2.07. The lowest BCUT2D eigenvalue weighted by Crippen LogP contribution is -2.42. The Bertz CT molecular complexity index is 408. The Balaban J connectivity index is 2.66. The fraction of sp³-hybridized carbons (Fsp3) is 0.429. The molecule has 0 bridgehead atoms. The largest absolute Gasteiger partial charge is 0.464 e. The predicted molar refractivity (Wildman–Crippen MR) is 77.3 cm³/mol. The summed E-state index contributed by atoms with van der Waals surface area (Å²) in [6, 6.07) is 8.26. The van der Waals surface area contributed by atoms with Gasteiger partial charge in [-0.05, 0) is 37.5 Å². The summed E-state index contributed by atoms with van der Waals surface area (Å²) in [5.41, 5.74) is 0.543. The maximum atomic E-state index is 12.0. The molecule has 1 aromatic rings. The Hall–Kier alpha value is -1.49. The number of hydrogen-bond donors (Lipinski definition) is 1. The molecule has 0 aromatic heterocycles. The predicted octanol–water partition coefficient (Wildman–Crippen LogP) is 2.10. The second kappa shape index (κ2) is 8.58. The number of nitrogens with one attached hydrogen (secondary N) is 1. The third-order valence-electron chi connectivity index (χ3n) is 2.52. The van der Waals surface area contributed by atoms with E-state index in [9.17, 15) is 9.59 Å². The van der Waals surface area contributed by atoms with Crippen molar-refractivity contribution in [1.29, 1.82) is 0 Å². The van der Waals surface area contributed by atoms with E-state index in [0.29, 0.717) is 18.6 Å². The molecule has 0 fully saturated rings. The summed E-state index contributed by atoms with van der Waals surface area (Å²) in [5, 5.41) is 2.73. The highest BCUT2D eigenvalue weighted by Gasteiger charge is 2.21. The summed E-state index contributed by atoms with van der Waals surface area (Å²) >= 11 is 1.63. The molecule has 0 heterocycles. The summed E-state index contributed by atoms with van der Waals surface area (Å²) in [6.07, 6.45) is 2.53. The van der Waals surface area contributed by atoms with Crippen LogP contribution in [0.1, 0.15) is 23.7 Å². The molecule has 1 rings (SSSR count). The van der Waals surface area contributed by atoms with Gasteiger partial charge >= 0.3 is 5.97 Å². The summed E-state index contributed by atoms with van der Waals surface area (Å²) in [5.74, 6) is 0.166. The number of ether oxygens (including phenoxy) is 1. The fourth-order valence-corrected chi connectivity index (χ4v) is 2.03. The van der Waals surface area contributed by atoms with Gasteiger partial charge in [0.05, 0.1) is 6.61 Å². The molecule has 5 heteroatoms. The molecular formula is C14H19NO3S. The summed E-state index contributed by atoms with van der Waals surface area (Å²) < 4.78 is 4.97. The Morgan fingerprint density at radius 1 is 1.32 bits per heavy atom. The molecule has 19 heavy (non-hydrogen) atoms. The van der Waals surface area contributed by atoms with Crippen LogP contribution in [0, 0.1) is 0 Å². The van der Waals surface area contributed by atoms with E-state index in [1.165, 1.54) is 0 Å². The molecule has 1 aromatic carbocycles. The summed E-state index contributed by atoms with van der Waals surface area (Å²) in [7, 11) is 0. The fourth-order valence-electron chi connectivity index (χ4n) is 1.56. The number of esters is 1.